The number of nitrogens with two attached hydrogens (primary N) is 1. The summed E-state index contributed by atoms with van der Waals surface area (Å²) >= 11 is 0. The maximum Gasteiger partial charge on any atom is 0.265 e. The first-order valence-electron chi connectivity index (χ1n) is 10.8. The molecular formula is C22H30F2N4O4. The van der Waals surface area contributed by atoms with Crippen LogP contribution < -0.4 is 16.0 Å². The number of hydrogen-bond acceptors (Lipinski definition) is 5. The van der Waals surface area contributed by atoms with E-state index in [-0.39, 0.29) is 36.7 Å². The SMILES string of the molecule is CC(C)CN(C1CCC1)[C@H](C(N)=O)C(=O)Nc1ccc(N2CCOCC2=O)cc1C(F)F. The van der Waals surface area contributed by atoms with Gasteiger partial charge in [-0.3, -0.25) is 19.3 Å². The Kier molecular flexibility index (Phi) is 7.78. The molecule has 0 spiro atoms. The smallest absolute Gasteiger partial charge is 0.265 e. The molecule has 32 heavy (non-hydrogen) atoms. The van der Waals surface area contributed by atoms with E-state index in [1.807, 2.05) is 13.8 Å². The van der Waals surface area contributed by atoms with Crippen molar-refractivity contribution in [1.82, 2.24) is 4.90 Å². The van der Waals surface area contributed by atoms with Gasteiger partial charge in [0.15, 0.2) is 6.04 Å². The van der Waals surface area contributed by atoms with Gasteiger partial charge in [0.05, 0.1) is 6.61 Å². The number of alkyl halides is 2. The van der Waals surface area contributed by atoms with E-state index >= 15 is 0 Å². The fraction of sp³-hybridized carbons (Fsp3) is 0.591. The number of morpholine rings is 1. The lowest BCUT2D eigenvalue weighted by Gasteiger charge is -2.41. The van der Waals surface area contributed by atoms with Crippen molar-refractivity contribution in [3.8, 4) is 0 Å². The maximum absolute atomic E-state index is 13.8. The van der Waals surface area contributed by atoms with Crippen LogP contribution in [0.5, 0.6) is 0 Å². The minimum atomic E-state index is -2.90. The molecule has 176 valence electrons. The number of rotatable bonds is 9. The van der Waals surface area contributed by atoms with Gasteiger partial charge in [0, 0.05) is 36.1 Å². The Morgan fingerprint density at radius 2 is 2.03 bits per heavy atom. The van der Waals surface area contributed by atoms with Crippen molar-refractivity contribution in [2.24, 2.45) is 11.7 Å². The predicted molar refractivity (Wildman–Crippen MR) is 115 cm³/mol. The number of halogens is 2. The van der Waals surface area contributed by atoms with Crippen LogP contribution in [0, 0.1) is 5.92 Å². The Bertz CT molecular complexity index is 860. The van der Waals surface area contributed by atoms with Gasteiger partial charge in [0.2, 0.25) is 5.91 Å². The molecule has 0 radical (unpaired) electrons. The van der Waals surface area contributed by atoms with Gasteiger partial charge >= 0.3 is 0 Å². The molecule has 1 saturated carbocycles. The average molecular weight is 453 g/mol. The zero-order chi connectivity index (χ0) is 23.4. The Morgan fingerprint density at radius 3 is 2.56 bits per heavy atom. The van der Waals surface area contributed by atoms with Crippen LogP contribution in [0.1, 0.15) is 45.1 Å². The van der Waals surface area contributed by atoms with E-state index in [9.17, 15) is 23.2 Å². The third kappa shape index (κ3) is 5.42. The summed E-state index contributed by atoms with van der Waals surface area (Å²) in [7, 11) is 0. The molecule has 1 aromatic carbocycles. The molecule has 1 aromatic rings. The third-order valence-electron chi connectivity index (χ3n) is 5.79. The van der Waals surface area contributed by atoms with Crippen LogP contribution in [-0.4, -0.2) is 61.0 Å². The summed E-state index contributed by atoms with van der Waals surface area (Å²) in [5.41, 5.74) is 5.33. The number of ether oxygens (including phenoxy) is 1. The lowest BCUT2D eigenvalue weighted by Crippen LogP contribution is -2.58. The Balaban J connectivity index is 1.85. The third-order valence-corrected chi connectivity index (χ3v) is 5.79. The van der Waals surface area contributed by atoms with Crippen LogP contribution in [0.25, 0.3) is 0 Å². The summed E-state index contributed by atoms with van der Waals surface area (Å²) in [6.45, 7) is 4.88. The van der Waals surface area contributed by atoms with Crippen molar-refractivity contribution in [3.05, 3.63) is 23.8 Å². The van der Waals surface area contributed by atoms with Crippen molar-refractivity contribution in [1.29, 1.82) is 0 Å². The minimum absolute atomic E-state index is 0.0601. The van der Waals surface area contributed by atoms with E-state index in [1.165, 1.54) is 23.1 Å². The van der Waals surface area contributed by atoms with E-state index in [2.05, 4.69) is 5.32 Å². The Hall–Kier alpha value is -2.59. The monoisotopic (exact) mass is 452 g/mol. The van der Waals surface area contributed by atoms with E-state index in [0.717, 1.165) is 19.3 Å². The van der Waals surface area contributed by atoms with E-state index in [4.69, 9.17) is 10.5 Å². The van der Waals surface area contributed by atoms with Crippen molar-refractivity contribution < 1.29 is 27.9 Å². The van der Waals surface area contributed by atoms with Crippen LogP contribution in [0.4, 0.5) is 20.2 Å². The second kappa shape index (κ2) is 10.4. The first-order valence-corrected chi connectivity index (χ1v) is 10.8. The fourth-order valence-corrected chi connectivity index (χ4v) is 4.05. The number of carbonyl (C=O) groups excluding carboxylic acids is 3. The van der Waals surface area contributed by atoms with Crippen molar-refractivity contribution in [2.75, 3.05) is 36.5 Å². The summed E-state index contributed by atoms with van der Waals surface area (Å²) in [5.74, 6) is -1.69. The number of benzene rings is 1. The molecule has 3 rings (SSSR count). The van der Waals surface area contributed by atoms with Gasteiger partial charge in [0.25, 0.3) is 18.2 Å². The Morgan fingerprint density at radius 1 is 1.31 bits per heavy atom. The van der Waals surface area contributed by atoms with Crippen LogP contribution in [0.15, 0.2) is 18.2 Å². The number of amides is 3. The molecule has 1 saturated heterocycles. The van der Waals surface area contributed by atoms with Crippen LogP contribution >= 0.6 is 0 Å². The fourth-order valence-electron chi connectivity index (χ4n) is 4.05. The standard InChI is InChI=1S/C22H30F2N4O4/c1-13(2)11-28(14-4-3-5-14)19(21(25)30)22(31)26-17-7-6-15(10-16(17)20(23)24)27-8-9-32-12-18(27)29/h6-7,10,13-14,19-20H,3-5,8-9,11-12H2,1-2H3,(H2,25,30)(H,26,31)/t19-/m1/s1. The van der Waals surface area contributed by atoms with Gasteiger partial charge in [-0.05, 0) is 37.0 Å². The van der Waals surface area contributed by atoms with Gasteiger partial charge in [0.1, 0.15) is 6.61 Å². The van der Waals surface area contributed by atoms with Crippen LogP contribution in [-0.2, 0) is 19.1 Å². The van der Waals surface area contributed by atoms with Gasteiger partial charge in [-0.25, -0.2) is 8.78 Å². The van der Waals surface area contributed by atoms with E-state index < -0.39 is 29.8 Å². The molecule has 3 amide bonds. The summed E-state index contributed by atoms with van der Waals surface area (Å²) in [5, 5.41) is 2.48. The number of primary amides is 1. The normalized spacial score (nSPS) is 18.2. The molecule has 10 heteroatoms. The highest BCUT2D eigenvalue weighted by atomic mass is 19.3. The van der Waals surface area contributed by atoms with Crippen LogP contribution in [0.2, 0.25) is 0 Å². The molecular weight excluding hydrogens is 422 g/mol. The van der Waals surface area contributed by atoms with Gasteiger partial charge < -0.3 is 20.7 Å². The first kappa shape index (κ1) is 24.1. The molecule has 1 heterocycles. The van der Waals surface area contributed by atoms with E-state index in [1.54, 1.807) is 4.90 Å². The zero-order valence-corrected chi connectivity index (χ0v) is 18.4. The first-order chi connectivity index (χ1) is 15.2. The van der Waals surface area contributed by atoms with E-state index in [0.29, 0.717) is 18.8 Å². The number of carbonyl (C=O) groups is 3. The van der Waals surface area contributed by atoms with Crippen molar-refractivity contribution in [2.45, 2.75) is 51.6 Å². The second-order valence-electron chi connectivity index (χ2n) is 8.64. The second-order valence-corrected chi connectivity index (χ2v) is 8.64. The van der Waals surface area contributed by atoms with Gasteiger partial charge in [-0.2, -0.15) is 0 Å². The molecule has 8 nitrogen and oxygen atoms in total. The molecule has 2 aliphatic rings. The minimum Gasteiger partial charge on any atom is -0.370 e. The Labute approximate surface area is 186 Å². The van der Waals surface area contributed by atoms with Gasteiger partial charge in [-0.15, -0.1) is 0 Å². The summed E-state index contributed by atoms with van der Waals surface area (Å²) in [4.78, 5) is 40.5. The largest absolute Gasteiger partial charge is 0.370 e. The molecule has 1 atom stereocenters. The number of nitrogens with one attached hydrogen (secondary N) is 1. The van der Waals surface area contributed by atoms with Crippen molar-refractivity contribution >= 4 is 29.1 Å². The summed E-state index contributed by atoms with van der Waals surface area (Å²) in [6, 6.07) is 2.80. The molecule has 0 bridgehead atoms. The molecule has 3 N–H and O–H groups in total. The zero-order valence-electron chi connectivity index (χ0n) is 18.4. The highest BCUT2D eigenvalue weighted by Crippen LogP contribution is 2.33. The summed E-state index contributed by atoms with van der Waals surface area (Å²) in [6.07, 6.45) is -0.182. The number of hydrogen-bond donors (Lipinski definition) is 2. The quantitative estimate of drug-likeness (QED) is 0.560. The van der Waals surface area contributed by atoms with Crippen LogP contribution in [0.3, 0.4) is 0 Å². The molecule has 0 unspecified atom stereocenters. The highest BCUT2D eigenvalue weighted by molar-refractivity contribution is 6.10. The van der Waals surface area contributed by atoms with Crippen molar-refractivity contribution in [3.63, 3.8) is 0 Å². The number of anilines is 2. The predicted octanol–water partition coefficient (Wildman–Crippen LogP) is 2.29. The molecule has 0 aromatic heterocycles. The molecule has 1 aliphatic carbocycles. The van der Waals surface area contributed by atoms with Gasteiger partial charge in [-0.1, -0.05) is 20.3 Å². The summed E-state index contributed by atoms with van der Waals surface area (Å²) < 4.78 is 32.7. The number of nitrogens with zero attached hydrogens (tertiary/aromatic N) is 2. The lowest BCUT2D eigenvalue weighted by molar-refractivity contribution is -0.135. The maximum atomic E-state index is 13.8. The average Bonchev–Trinajstić information content (AvgIpc) is 2.66. The molecule has 1 aliphatic heterocycles. The molecule has 2 fully saturated rings. The topological polar surface area (TPSA) is 105 Å². The highest BCUT2D eigenvalue weighted by Gasteiger charge is 2.38. The lowest BCUT2D eigenvalue weighted by atomic mass is 9.89.